The molecule has 0 aromatic heterocycles. The highest BCUT2D eigenvalue weighted by Gasteiger charge is 2.28. The van der Waals surface area contributed by atoms with Crippen LogP contribution in [0.1, 0.15) is 35.4 Å². The van der Waals surface area contributed by atoms with Gasteiger partial charge in [0.05, 0.1) is 0 Å². The van der Waals surface area contributed by atoms with Gasteiger partial charge >= 0.3 is 0 Å². The van der Waals surface area contributed by atoms with E-state index in [-0.39, 0.29) is 6.61 Å². The number of hydrogen-bond donors (Lipinski definition) is 1. The number of aliphatic hydroxyl groups excluding tert-OH is 1. The van der Waals surface area contributed by atoms with Gasteiger partial charge in [0.25, 0.3) is 0 Å². The summed E-state index contributed by atoms with van der Waals surface area (Å²) in [6.07, 6.45) is 3.14. The van der Waals surface area contributed by atoms with Crippen LogP contribution in [0.25, 0.3) is 0 Å². The summed E-state index contributed by atoms with van der Waals surface area (Å²) in [5, 5.41) is 9.72. The van der Waals surface area contributed by atoms with Crippen molar-refractivity contribution < 1.29 is 5.11 Å². The summed E-state index contributed by atoms with van der Waals surface area (Å²) >= 11 is 0. The normalized spacial score (nSPS) is 17.6. The summed E-state index contributed by atoms with van der Waals surface area (Å²) in [7, 11) is 0. The monoisotopic (exact) mass is 428 g/mol. The summed E-state index contributed by atoms with van der Waals surface area (Å²) in [5.74, 6) is 0.372. The number of aryl methyl sites for hydroxylation is 1. The number of benzene rings is 3. The molecule has 168 valence electrons. The van der Waals surface area contributed by atoms with Crippen LogP contribution in [0, 0.1) is 0 Å². The molecule has 32 heavy (non-hydrogen) atoms. The zero-order valence-corrected chi connectivity index (χ0v) is 19.0. The highest BCUT2D eigenvalue weighted by molar-refractivity contribution is 5.32. The minimum Gasteiger partial charge on any atom is -0.396 e. The van der Waals surface area contributed by atoms with Gasteiger partial charge in [0.1, 0.15) is 0 Å². The van der Waals surface area contributed by atoms with Crippen molar-refractivity contribution in [3.63, 3.8) is 0 Å². The molecule has 1 aliphatic heterocycles. The first-order chi connectivity index (χ1) is 15.8. The molecule has 3 nitrogen and oxygen atoms in total. The molecule has 0 aliphatic carbocycles. The lowest BCUT2D eigenvalue weighted by Crippen LogP contribution is -2.54. The third-order valence-corrected chi connectivity index (χ3v) is 6.75. The van der Waals surface area contributed by atoms with E-state index in [4.69, 9.17) is 0 Å². The maximum atomic E-state index is 9.72. The minimum atomic E-state index is 0.258. The molecule has 0 unspecified atom stereocenters. The Morgan fingerprint density at radius 3 is 1.97 bits per heavy atom. The van der Waals surface area contributed by atoms with Crippen LogP contribution in [0.3, 0.4) is 0 Å². The van der Waals surface area contributed by atoms with Gasteiger partial charge in [0.2, 0.25) is 0 Å². The van der Waals surface area contributed by atoms with E-state index in [0.717, 1.165) is 45.6 Å². The highest BCUT2D eigenvalue weighted by atomic mass is 16.3. The molecular weight excluding hydrogens is 392 g/mol. The molecule has 0 spiro atoms. The molecule has 0 bridgehead atoms. The molecule has 1 saturated heterocycles. The molecule has 4 rings (SSSR count). The van der Waals surface area contributed by atoms with Crippen molar-refractivity contribution in [2.45, 2.75) is 31.2 Å². The lowest BCUT2D eigenvalue weighted by Gasteiger charge is -2.42. The number of aliphatic hydroxyl groups is 1. The third kappa shape index (κ3) is 6.29. The summed E-state index contributed by atoms with van der Waals surface area (Å²) in [5.41, 5.74) is 4.17. The molecule has 0 saturated carbocycles. The van der Waals surface area contributed by atoms with Crippen LogP contribution in [-0.2, 0) is 6.42 Å². The third-order valence-electron chi connectivity index (χ3n) is 6.75. The Hall–Kier alpha value is -2.46. The zero-order valence-electron chi connectivity index (χ0n) is 19.0. The predicted octanol–water partition coefficient (Wildman–Crippen LogP) is 4.82. The first kappa shape index (κ1) is 22.7. The molecule has 1 aliphatic rings. The van der Waals surface area contributed by atoms with E-state index < -0.39 is 0 Å². The van der Waals surface area contributed by atoms with Crippen LogP contribution in [0.4, 0.5) is 0 Å². The van der Waals surface area contributed by atoms with Crippen molar-refractivity contribution in [1.82, 2.24) is 9.80 Å². The first-order valence-corrected chi connectivity index (χ1v) is 12.0. The molecule has 0 radical (unpaired) electrons. The highest BCUT2D eigenvalue weighted by Crippen LogP contribution is 2.27. The average molecular weight is 429 g/mol. The Labute approximate surface area is 193 Å². The Balaban J connectivity index is 1.38. The van der Waals surface area contributed by atoms with E-state index >= 15 is 0 Å². The largest absolute Gasteiger partial charge is 0.396 e. The van der Waals surface area contributed by atoms with Crippen LogP contribution >= 0.6 is 0 Å². The standard InChI is InChI=1S/C29H36N2O/c32-22-18-28-23-30(20-21-31(28)19-10-13-25-11-4-1-5-12-25)24-29(26-14-6-2-7-15-26)27-16-8-3-9-17-27/h1-9,11-12,14-17,28-29,32H,10,13,18-24H2/t28-/m0/s1. The van der Waals surface area contributed by atoms with Gasteiger partial charge in [0, 0.05) is 44.7 Å². The molecule has 1 atom stereocenters. The molecule has 1 fully saturated rings. The van der Waals surface area contributed by atoms with Gasteiger partial charge in [-0.15, -0.1) is 0 Å². The molecular formula is C29H36N2O. The van der Waals surface area contributed by atoms with Gasteiger partial charge in [-0.1, -0.05) is 91.0 Å². The lowest BCUT2D eigenvalue weighted by atomic mass is 9.90. The van der Waals surface area contributed by atoms with Gasteiger partial charge in [-0.3, -0.25) is 9.80 Å². The quantitative estimate of drug-likeness (QED) is 0.502. The maximum Gasteiger partial charge on any atom is 0.0446 e. The van der Waals surface area contributed by atoms with Crippen molar-refractivity contribution in [2.24, 2.45) is 0 Å². The predicted molar refractivity (Wildman–Crippen MR) is 133 cm³/mol. The fourth-order valence-corrected chi connectivity index (χ4v) is 5.00. The van der Waals surface area contributed by atoms with Crippen molar-refractivity contribution in [2.75, 3.05) is 39.3 Å². The van der Waals surface area contributed by atoms with Gasteiger partial charge in [-0.05, 0) is 42.5 Å². The fourth-order valence-electron chi connectivity index (χ4n) is 5.00. The van der Waals surface area contributed by atoms with E-state index in [9.17, 15) is 5.11 Å². The molecule has 3 heteroatoms. The summed E-state index contributed by atoms with van der Waals surface area (Å²) < 4.78 is 0. The zero-order chi connectivity index (χ0) is 22.0. The SMILES string of the molecule is OCC[C@H]1CN(CC(c2ccccc2)c2ccccc2)CCN1CCCc1ccccc1. The van der Waals surface area contributed by atoms with Crippen LogP contribution in [0.15, 0.2) is 91.0 Å². The lowest BCUT2D eigenvalue weighted by molar-refractivity contribution is 0.0570. The smallest absolute Gasteiger partial charge is 0.0446 e. The van der Waals surface area contributed by atoms with Crippen molar-refractivity contribution in [1.29, 1.82) is 0 Å². The number of hydrogen-bond acceptors (Lipinski definition) is 3. The number of piperazine rings is 1. The molecule has 1 heterocycles. The molecule has 3 aromatic carbocycles. The van der Waals surface area contributed by atoms with Crippen molar-refractivity contribution in [3.8, 4) is 0 Å². The van der Waals surface area contributed by atoms with E-state index in [2.05, 4.69) is 101 Å². The van der Waals surface area contributed by atoms with Crippen LogP contribution in [0.2, 0.25) is 0 Å². The van der Waals surface area contributed by atoms with Crippen LogP contribution in [-0.4, -0.2) is 60.3 Å². The molecule has 0 amide bonds. The maximum absolute atomic E-state index is 9.72. The Morgan fingerprint density at radius 1 is 0.781 bits per heavy atom. The molecule has 3 aromatic rings. The van der Waals surface area contributed by atoms with E-state index in [0.29, 0.717) is 12.0 Å². The Kier molecular flexibility index (Phi) is 8.49. The number of rotatable bonds is 10. The second kappa shape index (κ2) is 12.0. The van der Waals surface area contributed by atoms with Crippen molar-refractivity contribution in [3.05, 3.63) is 108 Å². The van der Waals surface area contributed by atoms with Gasteiger partial charge in [0.15, 0.2) is 0 Å². The van der Waals surface area contributed by atoms with E-state index in [1.807, 2.05) is 0 Å². The average Bonchev–Trinajstić information content (AvgIpc) is 2.86. The second-order valence-corrected chi connectivity index (χ2v) is 8.92. The fraction of sp³-hybridized carbons (Fsp3) is 0.379. The minimum absolute atomic E-state index is 0.258. The summed E-state index contributed by atoms with van der Waals surface area (Å²) in [6, 6.07) is 33.0. The van der Waals surface area contributed by atoms with Gasteiger partial charge in [-0.2, -0.15) is 0 Å². The summed E-state index contributed by atoms with van der Waals surface area (Å²) in [6.45, 7) is 5.58. The first-order valence-electron chi connectivity index (χ1n) is 12.0. The van der Waals surface area contributed by atoms with Crippen LogP contribution in [0.5, 0.6) is 0 Å². The van der Waals surface area contributed by atoms with Crippen LogP contribution < -0.4 is 0 Å². The second-order valence-electron chi connectivity index (χ2n) is 8.92. The topological polar surface area (TPSA) is 26.7 Å². The molecule has 1 N–H and O–H groups in total. The Morgan fingerprint density at radius 2 is 1.38 bits per heavy atom. The summed E-state index contributed by atoms with van der Waals surface area (Å²) in [4.78, 5) is 5.22. The van der Waals surface area contributed by atoms with E-state index in [1.54, 1.807) is 0 Å². The number of nitrogens with zero attached hydrogens (tertiary/aromatic N) is 2. The van der Waals surface area contributed by atoms with Gasteiger partial charge in [-0.25, -0.2) is 0 Å². The van der Waals surface area contributed by atoms with Crippen molar-refractivity contribution >= 4 is 0 Å². The van der Waals surface area contributed by atoms with Gasteiger partial charge < -0.3 is 5.11 Å². The van der Waals surface area contributed by atoms with E-state index in [1.165, 1.54) is 23.1 Å². The Bertz CT molecular complexity index is 861.